The van der Waals surface area contributed by atoms with Gasteiger partial charge in [-0.05, 0) is 35.3 Å². The maximum Gasteiger partial charge on any atom is 0.283 e. The summed E-state index contributed by atoms with van der Waals surface area (Å²) in [5.74, 6) is 0.785. The molecule has 174 valence electrons. The van der Waals surface area contributed by atoms with Gasteiger partial charge >= 0.3 is 0 Å². The molecule has 0 atom stereocenters. The maximum absolute atomic E-state index is 13.3. The van der Waals surface area contributed by atoms with Crippen molar-refractivity contribution in [2.75, 3.05) is 38.0 Å². The highest BCUT2D eigenvalue weighted by Crippen LogP contribution is 2.31. The van der Waals surface area contributed by atoms with E-state index in [1.165, 1.54) is 22.2 Å². The average Bonchev–Trinajstić information content (AvgIpc) is 3.13. The van der Waals surface area contributed by atoms with Gasteiger partial charge in [0.15, 0.2) is 5.17 Å². The van der Waals surface area contributed by atoms with Crippen molar-refractivity contribution in [2.24, 2.45) is 4.99 Å². The Morgan fingerprint density at radius 2 is 1.94 bits per heavy atom. The van der Waals surface area contributed by atoms with Crippen molar-refractivity contribution in [1.29, 1.82) is 0 Å². The quantitative estimate of drug-likeness (QED) is 0.444. The van der Waals surface area contributed by atoms with Crippen molar-refractivity contribution in [1.82, 2.24) is 5.32 Å². The third-order valence-corrected chi connectivity index (χ3v) is 5.95. The zero-order chi connectivity index (χ0) is 23.8. The molecule has 2 aromatic carbocycles. The summed E-state index contributed by atoms with van der Waals surface area (Å²) in [5, 5.41) is 3.22. The molecule has 8 heteroatoms. The summed E-state index contributed by atoms with van der Waals surface area (Å²) in [4.78, 5) is 31.6. The molecule has 3 rings (SSSR count). The molecule has 1 N–H and O–H groups in total. The predicted octanol–water partition coefficient (Wildman–Crippen LogP) is 4.06. The molecule has 0 bridgehead atoms. The minimum Gasteiger partial charge on any atom is -0.497 e. The number of hydrogen-bond acceptors (Lipinski definition) is 6. The minimum absolute atomic E-state index is 0.132. The van der Waals surface area contributed by atoms with Gasteiger partial charge in [-0.1, -0.05) is 55.9 Å². The fraction of sp³-hybridized carbons (Fsp3) is 0.320. The highest BCUT2D eigenvalue weighted by Gasteiger charge is 2.32. The lowest BCUT2D eigenvalue weighted by Gasteiger charge is -2.18. The first kappa shape index (κ1) is 24.5. The number of nitrogens with one attached hydrogen (secondary N) is 1. The van der Waals surface area contributed by atoms with E-state index in [1.54, 1.807) is 26.4 Å². The van der Waals surface area contributed by atoms with Crippen LogP contribution in [-0.2, 0) is 14.3 Å². The topological polar surface area (TPSA) is 80.2 Å². The Bertz CT molecular complexity index is 1050. The Morgan fingerprint density at radius 1 is 1.18 bits per heavy atom. The summed E-state index contributed by atoms with van der Waals surface area (Å²) in [6.07, 6.45) is 1.77. The second-order valence-corrected chi connectivity index (χ2v) is 8.66. The second-order valence-electron chi connectivity index (χ2n) is 7.72. The van der Waals surface area contributed by atoms with Crippen LogP contribution in [0.4, 0.5) is 5.69 Å². The normalized spacial score (nSPS) is 14.7. The molecule has 0 saturated heterocycles. The molecule has 2 amide bonds. The van der Waals surface area contributed by atoms with Crippen LogP contribution in [0.5, 0.6) is 5.75 Å². The number of amides is 2. The molecule has 1 heterocycles. The van der Waals surface area contributed by atoms with Crippen LogP contribution in [-0.4, -0.2) is 50.1 Å². The number of aliphatic imine (C=N–C) groups is 1. The van der Waals surface area contributed by atoms with Gasteiger partial charge in [-0.15, -0.1) is 0 Å². The molecule has 0 unspecified atom stereocenters. The van der Waals surface area contributed by atoms with Crippen molar-refractivity contribution < 1.29 is 19.1 Å². The Hall–Kier alpha value is -3.10. The summed E-state index contributed by atoms with van der Waals surface area (Å²) < 4.78 is 10.3. The molecule has 0 aliphatic carbocycles. The number of nitrogens with zero attached hydrogens (tertiary/aromatic N) is 2. The molecule has 1 aliphatic rings. The van der Waals surface area contributed by atoms with Gasteiger partial charge in [0.1, 0.15) is 11.4 Å². The summed E-state index contributed by atoms with van der Waals surface area (Å²) in [7, 11) is 3.15. The van der Waals surface area contributed by atoms with Gasteiger partial charge in [-0.2, -0.15) is 0 Å². The van der Waals surface area contributed by atoms with Crippen molar-refractivity contribution in [3.05, 3.63) is 65.4 Å². The van der Waals surface area contributed by atoms with Crippen LogP contribution in [0.2, 0.25) is 0 Å². The third-order valence-electron chi connectivity index (χ3n) is 5.01. The average molecular weight is 468 g/mol. The molecular formula is C25H29N3O4S. The van der Waals surface area contributed by atoms with Crippen LogP contribution in [0, 0.1) is 0 Å². The molecular weight excluding hydrogens is 438 g/mol. The largest absolute Gasteiger partial charge is 0.497 e. The Kier molecular flexibility index (Phi) is 8.68. The molecule has 0 radical (unpaired) electrons. The van der Waals surface area contributed by atoms with Gasteiger partial charge in [0, 0.05) is 19.7 Å². The first-order chi connectivity index (χ1) is 15.9. The molecule has 33 heavy (non-hydrogen) atoms. The molecule has 0 fully saturated rings. The molecule has 0 aromatic heterocycles. The Labute approximate surface area is 198 Å². The van der Waals surface area contributed by atoms with E-state index in [2.05, 4.69) is 36.3 Å². The summed E-state index contributed by atoms with van der Waals surface area (Å²) in [6.45, 7) is 5.14. The van der Waals surface area contributed by atoms with Crippen LogP contribution in [0.15, 0.2) is 59.2 Å². The number of benzene rings is 2. The summed E-state index contributed by atoms with van der Waals surface area (Å²) in [5.41, 5.74) is 3.06. The minimum atomic E-state index is -0.251. The van der Waals surface area contributed by atoms with E-state index in [-0.39, 0.29) is 17.6 Å². The van der Waals surface area contributed by atoms with E-state index in [1.807, 2.05) is 30.3 Å². The maximum atomic E-state index is 13.3. The predicted molar refractivity (Wildman–Crippen MR) is 134 cm³/mol. The standard InChI is InChI=1S/C25H29N3O4S/c1-17(2)19-10-8-18(9-11-19)14-22-24(30)28(20-6-5-7-21(15-20)32-4)25(27-22)33-16-23(29)26-12-13-31-3/h5-11,14-15,17H,12-13,16H2,1-4H3,(H,26,29)/b22-14-. The third kappa shape index (κ3) is 6.46. The highest BCUT2D eigenvalue weighted by molar-refractivity contribution is 8.14. The van der Waals surface area contributed by atoms with E-state index < -0.39 is 0 Å². The van der Waals surface area contributed by atoms with Crippen molar-refractivity contribution in [3.8, 4) is 5.75 Å². The number of methoxy groups -OCH3 is 2. The van der Waals surface area contributed by atoms with Crippen LogP contribution >= 0.6 is 11.8 Å². The molecule has 1 aliphatic heterocycles. The van der Waals surface area contributed by atoms with Crippen molar-refractivity contribution in [2.45, 2.75) is 19.8 Å². The Morgan fingerprint density at radius 3 is 2.61 bits per heavy atom. The van der Waals surface area contributed by atoms with Gasteiger partial charge in [0.05, 0.1) is 25.2 Å². The second kappa shape index (κ2) is 11.7. The first-order valence-corrected chi connectivity index (χ1v) is 11.7. The highest BCUT2D eigenvalue weighted by atomic mass is 32.2. The number of rotatable bonds is 9. The number of ether oxygens (including phenoxy) is 2. The van der Waals surface area contributed by atoms with Gasteiger partial charge in [-0.25, -0.2) is 4.99 Å². The fourth-order valence-electron chi connectivity index (χ4n) is 3.18. The summed E-state index contributed by atoms with van der Waals surface area (Å²) in [6, 6.07) is 15.3. The smallest absolute Gasteiger partial charge is 0.283 e. The van der Waals surface area contributed by atoms with Gasteiger partial charge < -0.3 is 14.8 Å². The number of carbonyl (C=O) groups is 2. The number of amidine groups is 1. The number of anilines is 1. The SMILES string of the molecule is COCCNC(=O)CSC1=N/C(=C\c2ccc(C(C)C)cc2)C(=O)N1c1cccc(OC)c1. The first-order valence-electron chi connectivity index (χ1n) is 10.7. The zero-order valence-corrected chi connectivity index (χ0v) is 20.1. The van der Waals surface area contributed by atoms with Crippen LogP contribution in [0.1, 0.15) is 30.9 Å². The van der Waals surface area contributed by atoms with Crippen LogP contribution in [0.3, 0.4) is 0 Å². The van der Waals surface area contributed by atoms with E-state index in [0.717, 1.165) is 5.56 Å². The monoisotopic (exact) mass is 467 g/mol. The van der Waals surface area contributed by atoms with Crippen molar-refractivity contribution in [3.63, 3.8) is 0 Å². The van der Waals surface area contributed by atoms with Crippen molar-refractivity contribution >= 4 is 40.5 Å². The van der Waals surface area contributed by atoms with Crippen LogP contribution in [0.25, 0.3) is 6.08 Å². The Balaban J connectivity index is 1.86. The van der Waals surface area contributed by atoms with E-state index >= 15 is 0 Å². The van der Waals surface area contributed by atoms with Gasteiger partial charge in [0.2, 0.25) is 5.91 Å². The zero-order valence-electron chi connectivity index (χ0n) is 19.3. The van der Waals surface area contributed by atoms with E-state index in [9.17, 15) is 9.59 Å². The van der Waals surface area contributed by atoms with Crippen LogP contribution < -0.4 is 15.0 Å². The molecule has 0 saturated carbocycles. The fourth-order valence-corrected chi connectivity index (χ4v) is 4.02. The lowest BCUT2D eigenvalue weighted by atomic mass is 10.0. The molecule has 7 nitrogen and oxygen atoms in total. The van der Waals surface area contributed by atoms with E-state index in [4.69, 9.17) is 9.47 Å². The molecule has 0 spiro atoms. The lowest BCUT2D eigenvalue weighted by molar-refractivity contribution is -0.118. The number of carbonyl (C=O) groups excluding carboxylic acids is 2. The number of thioether (sulfide) groups is 1. The summed E-state index contributed by atoms with van der Waals surface area (Å²) >= 11 is 1.21. The number of hydrogen-bond donors (Lipinski definition) is 1. The lowest BCUT2D eigenvalue weighted by Crippen LogP contribution is -2.33. The van der Waals surface area contributed by atoms with Gasteiger partial charge in [-0.3, -0.25) is 14.5 Å². The van der Waals surface area contributed by atoms with Gasteiger partial charge in [0.25, 0.3) is 5.91 Å². The van der Waals surface area contributed by atoms with E-state index in [0.29, 0.717) is 41.4 Å². The molecule has 2 aromatic rings.